The molecule has 1 aliphatic heterocycles. The minimum Gasteiger partial charge on any atom is -0.326 e. The summed E-state index contributed by atoms with van der Waals surface area (Å²) >= 11 is 0. The lowest BCUT2D eigenvalue weighted by Crippen LogP contribution is -2.55. The van der Waals surface area contributed by atoms with E-state index in [9.17, 15) is 18.0 Å². The number of amides is 2. The molecule has 1 heterocycles. The van der Waals surface area contributed by atoms with Crippen LogP contribution in [0.2, 0.25) is 0 Å². The molecule has 2 rings (SSSR count). The fraction of sp³-hybridized carbons (Fsp3) is 0.556. The zero-order chi connectivity index (χ0) is 19.4. The van der Waals surface area contributed by atoms with Gasteiger partial charge in [0.15, 0.2) is 14.6 Å². The normalized spacial score (nSPS) is 16.9. The molecule has 1 fully saturated rings. The summed E-state index contributed by atoms with van der Waals surface area (Å²) < 4.78 is 23.1. The third-order valence-electron chi connectivity index (χ3n) is 4.55. The Morgan fingerprint density at radius 3 is 2.04 bits per heavy atom. The van der Waals surface area contributed by atoms with Gasteiger partial charge in [0, 0.05) is 24.1 Å². The van der Waals surface area contributed by atoms with E-state index >= 15 is 0 Å². The first-order valence-electron chi connectivity index (χ1n) is 8.76. The molecule has 1 aromatic carbocycles. The van der Waals surface area contributed by atoms with E-state index in [0.29, 0.717) is 30.9 Å². The van der Waals surface area contributed by atoms with Crippen LogP contribution in [0.1, 0.15) is 33.1 Å². The third kappa shape index (κ3) is 4.82. The number of hydrogen-bond donors (Lipinski definition) is 3. The van der Waals surface area contributed by atoms with E-state index < -0.39 is 20.5 Å². The Labute approximate surface area is 154 Å². The molecule has 3 N–H and O–H groups in total. The molecule has 1 aliphatic rings. The zero-order valence-electron chi connectivity index (χ0n) is 15.5. The van der Waals surface area contributed by atoms with Crippen LogP contribution in [0.3, 0.4) is 0 Å². The molecule has 0 saturated carbocycles. The highest BCUT2D eigenvalue weighted by Gasteiger charge is 2.48. The lowest BCUT2D eigenvalue weighted by molar-refractivity contribution is -0.119. The molecule has 144 valence electrons. The van der Waals surface area contributed by atoms with Crippen LogP contribution >= 0.6 is 0 Å². The fourth-order valence-corrected chi connectivity index (χ4v) is 4.40. The van der Waals surface area contributed by atoms with Gasteiger partial charge in [0.05, 0.1) is 0 Å². The van der Waals surface area contributed by atoms with E-state index in [1.165, 1.54) is 0 Å². The van der Waals surface area contributed by atoms with Crippen molar-refractivity contribution in [1.29, 1.82) is 0 Å². The van der Waals surface area contributed by atoms with Gasteiger partial charge in [0.25, 0.3) is 0 Å². The summed E-state index contributed by atoms with van der Waals surface area (Å²) in [4.78, 5) is 24.5. The van der Waals surface area contributed by atoms with Crippen molar-refractivity contribution < 1.29 is 18.0 Å². The molecule has 7 nitrogen and oxygen atoms in total. The van der Waals surface area contributed by atoms with Crippen molar-refractivity contribution in [3.8, 4) is 0 Å². The molecule has 2 amide bonds. The smallest absolute Gasteiger partial charge is 0.245 e. The molecule has 0 aliphatic carbocycles. The van der Waals surface area contributed by atoms with Crippen molar-refractivity contribution in [2.75, 3.05) is 30.0 Å². The fourth-order valence-electron chi connectivity index (χ4n) is 3.06. The van der Waals surface area contributed by atoms with Gasteiger partial charge in [0.2, 0.25) is 11.8 Å². The summed E-state index contributed by atoms with van der Waals surface area (Å²) in [7, 11) is -3.55. The van der Waals surface area contributed by atoms with Gasteiger partial charge in [0.1, 0.15) is 0 Å². The number of piperidine rings is 1. The van der Waals surface area contributed by atoms with Crippen molar-refractivity contribution in [3.63, 3.8) is 0 Å². The summed E-state index contributed by atoms with van der Waals surface area (Å²) in [6, 6.07) is 6.67. The van der Waals surface area contributed by atoms with Crippen LogP contribution in [0.15, 0.2) is 24.3 Å². The second kappa shape index (κ2) is 8.18. The average Bonchev–Trinajstić information content (AvgIpc) is 2.55. The number of benzene rings is 1. The second-order valence-corrected chi connectivity index (χ2v) is 9.52. The van der Waals surface area contributed by atoms with E-state index in [2.05, 4.69) is 16.0 Å². The van der Waals surface area contributed by atoms with Gasteiger partial charge in [-0.15, -0.1) is 0 Å². The summed E-state index contributed by atoms with van der Waals surface area (Å²) in [6.07, 6.45) is 2.05. The second-order valence-electron chi connectivity index (χ2n) is 7.19. The van der Waals surface area contributed by atoms with E-state index in [-0.39, 0.29) is 24.7 Å². The highest BCUT2D eigenvalue weighted by atomic mass is 32.2. The predicted molar refractivity (Wildman–Crippen MR) is 103 cm³/mol. The molecular weight excluding hydrogens is 354 g/mol. The summed E-state index contributed by atoms with van der Waals surface area (Å²) in [6.45, 7) is 4.91. The first kappa shape index (κ1) is 20.4. The van der Waals surface area contributed by atoms with E-state index in [1.807, 2.05) is 13.8 Å². The lowest BCUT2D eigenvalue weighted by Gasteiger charge is -2.34. The topological polar surface area (TPSA) is 104 Å². The van der Waals surface area contributed by atoms with Crippen LogP contribution in [0.4, 0.5) is 11.4 Å². The monoisotopic (exact) mass is 381 g/mol. The highest BCUT2D eigenvalue weighted by Crippen LogP contribution is 2.29. The minimum atomic E-state index is -3.55. The Morgan fingerprint density at radius 2 is 1.58 bits per heavy atom. The van der Waals surface area contributed by atoms with Crippen LogP contribution in [0, 0.1) is 5.92 Å². The summed E-state index contributed by atoms with van der Waals surface area (Å²) in [5, 5.41) is 8.59. The Balaban J connectivity index is 2.08. The average molecular weight is 381 g/mol. The van der Waals surface area contributed by atoms with Crippen molar-refractivity contribution in [3.05, 3.63) is 24.3 Å². The van der Waals surface area contributed by atoms with Crippen LogP contribution in [-0.2, 0) is 19.4 Å². The van der Waals surface area contributed by atoms with Gasteiger partial charge in [-0.3, -0.25) is 9.59 Å². The SMILES string of the molecule is CC(C)CC(=O)Nc1ccc(NC(=O)C2(S(C)(=O)=O)CCNCC2)cc1. The highest BCUT2D eigenvalue weighted by molar-refractivity contribution is 7.92. The molecule has 0 spiro atoms. The molecule has 26 heavy (non-hydrogen) atoms. The number of carbonyl (C=O) groups excluding carboxylic acids is 2. The van der Waals surface area contributed by atoms with E-state index in [0.717, 1.165) is 6.26 Å². The molecule has 1 saturated heterocycles. The van der Waals surface area contributed by atoms with Crippen LogP contribution in [-0.4, -0.2) is 44.3 Å². The van der Waals surface area contributed by atoms with Gasteiger partial charge in [-0.25, -0.2) is 8.42 Å². The molecule has 0 radical (unpaired) electrons. The maximum atomic E-state index is 12.7. The molecule has 1 aromatic rings. The van der Waals surface area contributed by atoms with Crippen LogP contribution in [0.25, 0.3) is 0 Å². The molecule has 0 bridgehead atoms. The minimum absolute atomic E-state index is 0.0671. The van der Waals surface area contributed by atoms with Crippen LogP contribution in [0.5, 0.6) is 0 Å². The van der Waals surface area contributed by atoms with E-state index in [1.54, 1.807) is 24.3 Å². The molecule has 8 heteroatoms. The van der Waals surface area contributed by atoms with Gasteiger partial charge in [-0.1, -0.05) is 13.8 Å². The third-order valence-corrected chi connectivity index (χ3v) is 6.57. The van der Waals surface area contributed by atoms with Gasteiger partial charge in [-0.2, -0.15) is 0 Å². The molecule has 0 unspecified atom stereocenters. The van der Waals surface area contributed by atoms with Gasteiger partial charge >= 0.3 is 0 Å². The molecular formula is C18H27N3O4S. The lowest BCUT2D eigenvalue weighted by atomic mass is 9.95. The van der Waals surface area contributed by atoms with Crippen LogP contribution < -0.4 is 16.0 Å². The number of anilines is 2. The number of nitrogens with one attached hydrogen (secondary N) is 3. The summed E-state index contributed by atoms with van der Waals surface area (Å²) in [5.74, 6) is -0.300. The van der Waals surface area contributed by atoms with E-state index in [4.69, 9.17) is 0 Å². The van der Waals surface area contributed by atoms with Crippen molar-refractivity contribution in [2.45, 2.75) is 37.9 Å². The Kier molecular flexibility index (Phi) is 6.41. The van der Waals surface area contributed by atoms with Gasteiger partial charge in [-0.05, 0) is 56.1 Å². The predicted octanol–water partition coefficient (Wildman–Crippen LogP) is 1.78. The number of sulfone groups is 1. The van der Waals surface area contributed by atoms with Crippen molar-refractivity contribution in [2.24, 2.45) is 5.92 Å². The van der Waals surface area contributed by atoms with Crippen molar-refractivity contribution >= 4 is 33.0 Å². The quantitative estimate of drug-likeness (QED) is 0.697. The largest absolute Gasteiger partial charge is 0.326 e. The molecule has 0 atom stereocenters. The summed E-state index contributed by atoms with van der Waals surface area (Å²) in [5.41, 5.74) is 1.13. The number of hydrogen-bond acceptors (Lipinski definition) is 5. The Hall–Kier alpha value is -1.93. The number of carbonyl (C=O) groups is 2. The first-order chi connectivity index (χ1) is 12.1. The van der Waals surface area contributed by atoms with Gasteiger partial charge < -0.3 is 16.0 Å². The maximum absolute atomic E-state index is 12.7. The Morgan fingerprint density at radius 1 is 1.08 bits per heavy atom. The number of rotatable bonds is 6. The Bertz CT molecular complexity index is 751. The maximum Gasteiger partial charge on any atom is 0.245 e. The molecule has 0 aromatic heterocycles. The zero-order valence-corrected chi connectivity index (χ0v) is 16.3. The standard InChI is InChI=1S/C18H27N3O4S/c1-13(2)12-16(22)20-14-4-6-15(7-5-14)21-17(23)18(26(3,24)25)8-10-19-11-9-18/h4-7,13,19H,8-12H2,1-3H3,(H,20,22)(H,21,23). The van der Waals surface area contributed by atoms with Crippen molar-refractivity contribution in [1.82, 2.24) is 5.32 Å². The first-order valence-corrected chi connectivity index (χ1v) is 10.6.